The first-order valence-corrected chi connectivity index (χ1v) is 6.92. The van der Waals surface area contributed by atoms with E-state index in [1.165, 1.54) is 5.56 Å². The van der Waals surface area contributed by atoms with Crippen LogP contribution in [0.5, 0.6) is 0 Å². The number of hydrogen-bond donors (Lipinski definition) is 1. The highest BCUT2D eigenvalue weighted by molar-refractivity contribution is 6.37. The molecule has 0 saturated carbocycles. The van der Waals surface area contributed by atoms with E-state index in [0.29, 0.717) is 33.6 Å². The van der Waals surface area contributed by atoms with Gasteiger partial charge in [-0.3, -0.25) is 0 Å². The van der Waals surface area contributed by atoms with E-state index >= 15 is 0 Å². The van der Waals surface area contributed by atoms with Gasteiger partial charge in [-0.05, 0) is 31.2 Å². The van der Waals surface area contributed by atoms with Crippen molar-refractivity contribution in [1.29, 1.82) is 0 Å². The monoisotopic (exact) mass is 306 g/mol. The van der Waals surface area contributed by atoms with E-state index in [4.69, 9.17) is 27.6 Å². The summed E-state index contributed by atoms with van der Waals surface area (Å²) in [6.45, 7) is 2.54. The molecule has 0 bridgehead atoms. The van der Waals surface area contributed by atoms with Crippen LogP contribution in [-0.4, -0.2) is 4.98 Å². The zero-order valence-corrected chi connectivity index (χ0v) is 12.3. The summed E-state index contributed by atoms with van der Waals surface area (Å²) in [4.78, 5) is 4.37. The molecule has 2 aromatic carbocycles. The van der Waals surface area contributed by atoms with Crippen LogP contribution in [0.2, 0.25) is 10.0 Å². The minimum atomic E-state index is 0.474. The minimum absolute atomic E-state index is 0.474. The SMILES string of the molecule is Cc1ccc(NCc2nc3cc(Cl)cc(Cl)c3o2)cc1. The van der Waals surface area contributed by atoms with E-state index in [1.54, 1.807) is 12.1 Å². The van der Waals surface area contributed by atoms with Crippen LogP contribution in [0.25, 0.3) is 11.1 Å². The van der Waals surface area contributed by atoms with Crippen LogP contribution in [0, 0.1) is 6.92 Å². The van der Waals surface area contributed by atoms with Gasteiger partial charge in [0.15, 0.2) is 5.58 Å². The predicted molar refractivity (Wildman–Crippen MR) is 82.5 cm³/mol. The lowest BCUT2D eigenvalue weighted by Gasteiger charge is -2.03. The molecular weight excluding hydrogens is 295 g/mol. The first-order chi connectivity index (χ1) is 9.61. The molecule has 3 rings (SSSR count). The molecule has 0 aliphatic rings. The molecule has 102 valence electrons. The fourth-order valence-electron chi connectivity index (χ4n) is 1.93. The molecule has 1 aromatic heterocycles. The number of nitrogens with zero attached hydrogens (tertiary/aromatic N) is 1. The summed E-state index contributed by atoms with van der Waals surface area (Å²) in [6, 6.07) is 11.5. The molecule has 0 radical (unpaired) electrons. The summed E-state index contributed by atoms with van der Waals surface area (Å²) in [5.74, 6) is 0.574. The van der Waals surface area contributed by atoms with Gasteiger partial charge in [0.1, 0.15) is 5.52 Å². The number of rotatable bonds is 3. The first-order valence-electron chi connectivity index (χ1n) is 6.17. The number of oxazole rings is 1. The van der Waals surface area contributed by atoms with Gasteiger partial charge in [-0.2, -0.15) is 0 Å². The molecule has 0 atom stereocenters. The second-order valence-electron chi connectivity index (χ2n) is 4.56. The molecule has 0 aliphatic heterocycles. The fraction of sp³-hybridized carbons (Fsp3) is 0.133. The van der Waals surface area contributed by atoms with Crippen molar-refractivity contribution in [3.8, 4) is 0 Å². The zero-order chi connectivity index (χ0) is 14.1. The normalized spacial score (nSPS) is 10.9. The summed E-state index contributed by atoms with van der Waals surface area (Å²) in [5.41, 5.74) is 3.47. The molecule has 3 nitrogen and oxygen atoms in total. The molecule has 3 aromatic rings. The molecular formula is C15H12Cl2N2O. The summed E-state index contributed by atoms with van der Waals surface area (Å²) in [6.07, 6.45) is 0. The van der Waals surface area contributed by atoms with Crippen LogP contribution >= 0.6 is 23.2 Å². The van der Waals surface area contributed by atoms with Crippen molar-refractivity contribution in [3.63, 3.8) is 0 Å². The molecule has 0 saturated heterocycles. The number of aromatic nitrogens is 1. The average Bonchev–Trinajstić information content (AvgIpc) is 2.81. The topological polar surface area (TPSA) is 38.1 Å². The van der Waals surface area contributed by atoms with Crippen molar-refractivity contribution < 1.29 is 4.42 Å². The van der Waals surface area contributed by atoms with Crippen LogP contribution in [0.15, 0.2) is 40.8 Å². The third-order valence-electron chi connectivity index (χ3n) is 2.95. The number of fused-ring (bicyclic) bond motifs is 1. The summed E-state index contributed by atoms with van der Waals surface area (Å²) >= 11 is 12.0. The Morgan fingerprint density at radius 2 is 1.90 bits per heavy atom. The molecule has 0 fully saturated rings. The molecule has 0 spiro atoms. The van der Waals surface area contributed by atoms with E-state index < -0.39 is 0 Å². The van der Waals surface area contributed by atoms with Crippen molar-refractivity contribution in [2.45, 2.75) is 13.5 Å². The number of benzene rings is 2. The van der Waals surface area contributed by atoms with Gasteiger partial charge in [0.2, 0.25) is 5.89 Å². The number of nitrogens with one attached hydrogen (secondary N) is 1. The highest BCUT2D eigenvalue weighted by atomic mass is 35.5. The van der Waals surface area contributed by atoms with Crippen molar-refractivity contribution in [3.05, 3.63) is 57.9 Å². The van der Waals surface area contributed by atoms with Crippen LogP contribution in [0.3, 0.4) is 0 Å². The number of hydrogen-bond acceptors (Lipinski definition) is 3. The standard InChI is InChI=1S/C15H12Cl2N2O/c1-9-2-4-11(5-3-9)18-8-14-19-13-7-10(16)6-12(17)15(13)20-14/h2-7,18H,8H2,1H3. The van der Waals surface area contributed by atoms with Gasteiger partial charge in [-0.25, -0.2) is 4.98 Å². The maximum atomic E-state index is 6.07. The van der Waals surface area contributed by atoms with Crippen molar-refractivity contribution >= 4 is 40.0 Å². The molecule has 0 unspecified atom stereocenters. The minimum Gasteiger partial charge on any atom is -0.437 e. The maximum Gasteiger partial charge on any atom is 0.214 e. The number of halogens is 2. The van der Waals surface area contributed by atoms with E-state index in [2.05, 4.69) is 17.2 Å². The molecule has 1 N–H and O–H groups in total. The van der Waals surface area contributed by atoms with Gasteiger partial charge >= 0.3 is 0 Å². The van der Waals surface area contributed by atoms with Crippen LogP contribution in [0.1, 0.15) is 11.5 Å². The second kappa shape index (κ2) is 5.35. The van der Waals surface area contributed by atoms with Crippen LogP contribution in [-0.2, 0) is 6.54 Å². The van der Waals surface area contributed by atoms with Crippen molar-refractivity contribution in [2.24, 2.45) is 0 Å². The van der Waals surface area contributed by atoms with Gasteiger partial charge in [0.25, 0.3) is 0 Å². The molecule has 0 amide bonds. The maximum absolute atomic E-state index is 6.07. The number of anilines is 1. The lowest BCUT2D eigenvalue weighted by molar-refractivity contribution is 0.540. The highest BCUT2D eigenvalue weighted by Gasteiger charge is 2.10. The van der Waals surface area contributed by atoms with Gasteiger partial charge < -0.3 is 9.73 Å². The third kappa shape index (κ3) is 2.74. The van der Waals surface area contributed by atoms with Crippen molar-refractivity contribution in [2.75, 3.05) is 5.32 Å². The van der Waals surface area contributed by atoms with E-state index in [1.807, 2.05) is 24.3 Å². The van der Waals surface area contributed by atoms with Gasteiger partial charge in [-0.15, -0.1) is 0 Å². The first kappa shape index (κ1) is 13.3. The zero-order valence-electron chi connectivity index (χ0n) is 10.8. The highest BCUT2D eigenvalue weighted by Crippen LogP contribution is 2.28. The Bertz CT molecular complexity index is 750. The predicted octanol–water partition coefficient (Wildman–Crippen LogP) is 5.06. The fourth-order valence-corrected chi connectivity index (χ4v) is 2.45. The summed E-state index contributed by atoms with van der Waals surface area (Å²) in [5, 5.41) is 4.27. The Labute approximate surface area is 126 Å². The summed E-state index contributed by atoms with van der Waals surface area (Å²) in [7, 11) is 0. The molecule has 0 aliphatic carbocycles. The molecule has 5 heteroatoms. The van der Waals surface area contributed by atoms with E-state index in [9.17, 15) is 0 Å². The lowest BCUT2D eigenvalue weighted by Crippen LogP contribution is -1.99. The molecule has 20 heavy (non-hydrogen) atoms. The Kier molecular flexibility index (Phi) is 3.55. The lowest BCUT2D eigenvalue weighted by atomic mass is 10.2. The number of aryl methyl sites for hydroxylation is 1. The Morgan fingerprint density at radius 1 is 1.15 bits per heavy atom. The van der Waals surface area contributed by atoms with E-state index in [-0.39, 0.29) is 0 Å². The smallest absolute Gasteiger partial charge is 0.214 e. The second-order valence-corrected chi connectivity index (χ2v) is 5.41. The van der Waals surface area contributed by atoms with Crippen LogP contribution < -0.4 is 5.32 Å². The van der Waals surface area contributed by atoms with Crippen molar-refractivity contribution in [1.82, 2.24) is 4.98 Å². The Hall–Kier alpha value is -1.71. The van der Waals surface area contributed by atoms with Gasteiger partial charge in [-0.1, -0.05) is 40.9 Å². The quantitative estimate of drug-likeness (QED) is 0.735. The molecule has 1 heterocycles. The third-order valence-corrected chi connectivity index (χ3v) is 3.45. The summed E-state index contributed by atoms with van der Waals surface area (Å²) < 4.78 is 5.64. The van der Waals surface area contributed by atoms with Gasteiger partial charge in [0.05, 0.1) is 11.6 Å². The van der Waals surface area contributed by atoms with E-state index in [0.717, 1.165) is 5.69 Å². The van der Waals surface area contributed by atoms with Gasteiger partial charge in [0, 0.05) is 10.7 Å². The van der Waals surface area contributed by atoms with Crippen LogP contribution in [0.4, 0.5) is 5.69 Å². The Balaban J connectivity index is 1.81. The average molecular weight is 307 g/mol. The Morgan fingerprint density at radius 3 is 2.65 bits per heavy atom. The largest absolute Gasteiger partial charge is 0.437 e.